The lowest BCUT2D eigenvalue weighted by molar-refractivity contribution is 0.296. The number of nitrogens with zero attached hydrogens (tertiary/aromatic N) is 2. The van der Waals surface area contributed by atoms with Crippen LogP contribution in [0, 0.1) is 5.92 Å². The fourth-order valence-electron chi connectivity index (χ4n) is 1.77. The molecule has 0 atom stereocenters. The number of anilines is 1. The summed E-state index contributed by atoms with van der Waals surface area (Å²) in [6.45, 7) is 13.6. The first-order chi connectivity index (χ1) is 9.30. The fraction of sp³-hybridized carbons (Fsp3) is 0.750. The van der Waals surface area contributed by atoms with Crippen LogP contribution in [-0.4, -0.2) is 22.1 Å². The molecule has 1 rings (SSSR count). The summed E-state index contributed by atoms with van der Waals surface area (Å²) in [6, 6.07) is 1.89. The van der Waals surface area contributed by atoms with Gasteiger partial charge in [0.1, 0.15) is 11.6 Å². The van der Waals surface area contributed by atoms with Crippen LogP contribution in [0.1, 0.15) is 60.2 Å². The number of ether oxygens (including phenoxy) is 1. The van der Waals surface area contributed by atoms with Crippen molar-refractivity contribution in [2.24, 2.45) is 5.92 Å². The zero-order valence-corrected chi connectivity index (χ0v) is 13.8. The lowest BCUT2D eigenvalue weighted by atomic mass is 10.1. The Morgan fingerprint density at radius 1 is 1.25 bits per heavy atom. The maximum absolute atomic E-state index is 5.73. The van der Waals surface area contributed by atoms with E-state index in [2.05, 4.69) is 56.8 Å². The van der Waals surface area contributed by atoms with Gasteiger partial charge >= 0.3 is 0 Å². The second-order valence-electron chi connectivity index (χ2n) is 6.68. The highest BCUT2D eigenvalue weighted by atomic mass is 16.5. The van der Waals surface area contributed by atoms with Gasteiger partial charge in [0, 0.05) is 18.0 Å². The van der Waals surface area contributed by atoms with E-state index < -0.39 is 0 Å². The van der Waals surface area contributed by atoms with Crippen molar-refractivity contribution in [3.63, 3.8) is 0 Å². The summed E-state index contributed by atoms with van der Waals surface area (Å²) < 4.78 is 5.73. The topological polar surface area (TPSA) is 47.0 Å². The molecule has 0 radical (unpaired) electrons. The monoisotopic (exact) mass is 279 g/mol. The zero-order chi connectivity index (χ0) is 15.2. The van der Waals surface area contributed by atoms with Crippen LogP contribution in [0.2, 0.25) is 0 Å². The third-order valence-electron chi connectivity index (χ3n) is 2.59. The van der Waals surface area contributed by atoms with Gasteiger partial charge in [0.05, 0.1) is 6.61 Å². The van der Waals surface area contributed by atoms with Crippen LogP contribution in [0.3, 0.4) is 0 Å². The van der Waals surface area contributed by atoms with E-state index in [0.29, 0.717) is 18.4 Å². The average Bonchev–Trinajstić information content (AvgIpc) is 2.25. The van der Waals surface area contributed by atoms with E-state index in [0.717, 1.165) is 30.9 Å². The first-order valence-electron chi connectivity index (χ1n) is 7.59. The number of hydrogen-bond donors (Lipinski definition) is 1. The van der Waals surface area contributed by atoms with Crippen LogP contribution in [0.4, 0.5) is 5.82 Å². The van der Waals surface area contributed by atoms with E-state index in [1.54, 1.807) is 0 Å². The van der Waals surface area contributed by atoms with Crippen molar-refractivity contribution >= 4 is 5.82 Å². The predicted octanol–water partition coefficient (Wildman–Crippen LogP) is 4.06. The van der Waals surface area contributed by atoms with Gasteiger partial charge in [-0.2, -0.15) is 4.98 Å². The van der Waals surface area contributed by atoms with E-state index in [9.17, 15) is 0 Å². The molecule has 1 heterocycles. The van der Waals surface area contributed by atoms with Gasteiger partial charge in [0.2, 0.25) is 5.88 Å². The Bertz CT molecular complexity index is 411. The van der Waals surface area contributed by atoms with Crippen LogP contribution in [-0.2, 0) is 6.42 Å². The molecule has 0 aliphatic carbocycles. The van der Waals surface area contributed by atoms with E-state index in [4.69, 9.17) is 4.74 Å². The van der Waals surface area contributed by atoms with Gasteiger partial charge in [-0.15, -0.1) is 0 Å². The third kappa shape index (κ3) is 6.73. The maximum atomic E-state index is 5.73. The van der Waals surface area contributed by atoms with Gasteiger partial charge in [-0.25, -0.2) is 4.98 Å². The first kappa shape index (κ1) is 16.7. The van der Waals surface area contributed by atoms with E-state index >= 15 is 0 Å². The number of nitrogens with one attached hydrogen (secondary N) is 1. The quantitative estimate of drug-likeness (QED) is 0.764. The number of unbranched alkanes of at least 4 members (excludes halogenated alkanes) is 1. The van der Waals surface area contributed by atoms with Crippen LogP contribution in [0.5, 0.6) is 5.88 Å². The summed E-state index contributed by atoms with van der Waals surface area (Å²) in [5.74, 6) is 2.90. The van der Waals surface area contributed by atoms with Crippen molar-refractivity contribution < 1.29 is 4.74 Å². The smallest absolute Gasteiger partial charge is 0.218 e. The highest BCUT2D eigenvalue weighted by Gasteiger charge is 2.13. The van der Waals surface area contributed by atoms with Crippen molar-refractivity contribution in [3.05, 3.63) is 11.9 Å². The molecule has 20 heavy (non-hydrogen) atoms. The highest BCUT2D eigenvalue weighted by Crippen LogP contribution is 2.19. The summed E-state index contributed by atoms with van der Waals surface area (Å²) in [5.41, 5.74) is -0.0237. The van der Waals surface area contributed by atoms with Crippen molar-refractivity contribution in [3.8, 4) is 5.88 Å². The molecule has 4 heteroatoms. The molecule has 0 bridgehead atoms. The maximum Gasteiger partial charge on any atom is 0.218 e. The molecule has 4 nitrogen and oxygen atoms in total. The molecule has 114 valence electrons. The third-order valence-corrected chi connectivity index (χ3v) is 2.59. The summed E-state index contributed by atoms with van der Waals surface area (Å²) in [6.07, 6.45) is 3.03. The molecule has 0 amide bonds. The SMILES string of the molecule is CCCCOc1cc(NC(C)(C)C)nc(CC(C)C)n1. The van der Waals surface area contributed by atoms with Crippen molar-refractivity contribution in [2.45, 2.75) is 66.3 Å². The molecule has 1 aromatic heterocycles. The first-order valence-corrected chi connectivity index (χ1v) is 7.59. The Morgan fingerprint density at radius 2 is 1.95 bits per heavy atom. The Kier molecular flexibility index (Phi) is 6.24. The lowest BCUT2D eigenvalue weighted by Gasteiger charge is -2.22. The molecule has 0 aliphatic rings. The van der Waals surface area contributed by atoms with E-state index in [-0.39, 0.29) is 5.54 Å². The Morgan fingerprint density at radius 3 is 2.50 bits per heavy atom. The fourth-order valence-corrected chi connectivity index (χ4v) is 1.77. The molecule has 0 aromatic carbocycles. The van der Waals surface area contributed by atoms with E-state index in [1.807, 2.05) is 6.07 Å². The Labute approximate surface area is 123 Å². The van der Waals surface area contributed by atoms with Gasteiger partial charge in [-0.1, -0.05) is 27.2 Å². The van der Waals surface area contributed by atoms with Crippen LogP contribution < -0.4 is 10.1 Å². The van der Waals surface area contributed by atoms with Crippen LogP contribution in [0.15, 0.2) is 6.07 Å². The molecule has 0 spiro atoms. The van der Waals surface area contributed by atoms with Gasteiger partial charge in [-0.3, -0.25) is 0 Å². The zero-order valence-electron chi connectivity index (χ0n) is 13.8. The van der Waals surface area contributed by atoms with Crippen molar-refractivity contribution in [1.29, 1.82) is 0 Å². The number of hydrogen-bond acceptors (Lipinski definition) is 4. The average molecular weight is 279 g/mol. The molecule has 0 saturated carbocycles. The molecule has 1 N–H and O–H groups in total. The number of rotatable bonds is 7. The Hall–Kier alpha value is -1.32. The van der Waals surface area contributed by atoms with Gasteiger partial charge in [0.15, 0.2) is 0 Å². The van der Waals surface area contributed by atoms with Crippen LogP contribution >= 0.6 is 0 Å². The van der Waals surface area contributed by atoms with Crippen molar-refractivity contribution in [2.75, 3.05) is 11.9 Å². The minimum absolute atomic E-state index is 0.0237. The predicted molar refractivity (Wildman–Crippen MR) is 84.4 cm³/mol. The Balaban J connectivity index is 2.89. The molecule has 1 aromatic rings. The summed E-state index contributed by atoms with van der Waals surface area (Å²) >= 11 is 0. The molecular formula is C16H29N3O. The molecule has 0 unspecified atom stereocenters. The van der Waals surface area contributed by atoms with Gasteiger partial charge < -0.3 is 10.1 Å². The normalized spacial score (nSPS) is 11.8. The molecule has 0 fully saturated rings. The second kappa shape index (κ2) is 7.46. The summed E-state index contributed by atoms with van der Waals surface area (Å²) in [5, 5.41) is 3.39. The molecular weight excluding hydrogens is 250 g/mol. The highest BCUT2D eigenvalue weighted by molar-refractivity contribution is 5.40. The van der Waals surface area contributed by atoms with Gasteiger partial charge in [0.25, 0.3) is 0 Å². The minimum atomic E-state index is -0.0237. The summed E-state index contributed by atoms with van der Waals surface area (Å²) in [7, 11) is 0. The molecule has 0 saturated heterocycles. The minimum Gasteiger partial charge on any atom is -0.478 e. The largest absolute Gasteiger partial charge is 0.478 e. The summed E-state index contributed by atoms with van der Waals surface area (Å²) in [4.78, 5) is 9.09. The van der Waals surface area contributed by atoms with Gasteiger partial charge in [-0.05, 0) is 33.1 Å². The van der Waals surface area contributed by atoms with Crippen LogP contribution in [0.25, 0.3) is 0 Å². The molecule has 0 aliphatic heterocycles. The number of aromatic nitrogens is 2. The lowest BCUT2D eigenvalue weighted by Crippen LogP contribution is -2.27. The standard InChI is InChI=1S/C16H29N3O/c1-7-8-9-20-15-11-14(19-16(4,5)6)17-13(18-15)10-12(2)3/h11-12H,7-10H2,1-6H3,(H,17,18,19). The van der Waals surface area contributed by atoms with E-state index in [1.165, 1.54) is 0 Å². The van der Waals surface area contributed by atoms with Crippen molar-refractivity contribution in [1.82, 2.24) is 9.97 Å². The second-order valence-corrected chi connectivity index (χ2v) is 6.68.